The summed E-state index contributed by atoms with van der Waals surface area (Å²) in [6, 6.07) is 11.2. The number of hydrogen-bond acceptors (Lipinski definition) is 5. The molecule has 0 bridgehead atoms. The van der Waals surface area contributed by atoms with Crippen LogP contribution < -0.4 is 5.32 Å². The van der Waals surface area contributed by atoms with Crippen LogP contribution in [0.5, 0.6) is 0 Å². The molecule has 23 heavy (non-hydrogen) atoms. The molecule has 3 aromatic rings. The van der Waals surface area contributed by atoms with Gasteiger partial charge in [0.05, 0.1) is 16.8 Å². The molecule has 5 nitrogen and oxygen atoms in total. The van der Waals surface area contributed by atoms with Crippen molar-refractivity contribution in [2.75, 3.05) is 0 Å². The Balaban J connectivity index is 1.64. The van der Waals surface area contributed by atoms with Crippen molar-refractivity contribution in [2.24, 2.45) is 0 Å². The highest BCUT2D eigenvalue weighted by atomic mass is 32.1. The SMILES string of the molecule is C[C@@]1(c2cccs2)NC(=O)N(Cc2nc3ccccc3s2)C1=O. The van der Waals surface area contributed by atoms with Gasteiger partial charge in [-0.1, -0.05) is 18.2 Å². The van der Waals surface area contributed by atoms with Crippen molar-refractivity contribution in [2.45, 2.75) is 19.0 Å². The number of nitrogens with one attached hydrogen (secondary N) is 1. The smallest absolute Gasteiger partial charge is 0.319 e. The molecule has 0 aliphatic carbocycles. The number of nitrogens with zero attached hydrogens (tertiary/aromatic N) is 2. The van der Waals surface area contributed by atoms with Crippen molar-refractivity contribution in [3.05, 3.63) is 51.7 Å². The highest BCUT2D eigenvalue weighted by molar-refractivity contribution is 7.18. The summed E-state index contributed by atoms with van der Waals surface area (Å²) < 4.78 is 1.05. The molecule has 7 heteroatoms. The number of thiazole rings is 1. The molecule has 1 aromatic carbocycles. The van der Waals surface area contributed by atoms with E-state index in [0.717, 1.165) is 20.1 Å². The van der Waals surface area contributed by atoms with Crippen LogP contribution in [0.1, 0.15) is 16.8 Å². The summed E-state index contributed by atoms with van der Waals surface area (Å²) in [7, 11) is 0. The molecule has 0 unspecified atom stereocenters. The summed E-state index contributed by atoms with van der Waals surface area (Å²) in [6.07, 6.45) is 0. The molecular weight excluding hydrogens is 330 g/mol. The molecule has 1 atom stereocenters. The van der Waals surface area contributed by atoms with Gasteiger partial charge in [0, 0.05) is 4.88 Å². The number of carbonyl (C=O) groups is 2. The van der Waals surface area contributed by atoms with E-state index in [1.807, 2.05) is 41.8 Å². The average Bonchev–Trinajstić information content (AvgIpc) is 3.23. The number of hydrogen-bond donors (Lipinski definition) is 1. The van der Waals surface area contributed by atoms with E-state index in [-0.39, 0.29) is 18.5 Å². The van der Waals surface area contributed by atoms with Crippen molar-refractivity contribution >= 4 is 44.8 Å². The predicted octanol–water partition coefficient (Wildman–Crippen LogP) is 3.33. The quantitative estimate of drug-likeness (QED) is 0.742. The third-order valence-electron chi connectivity index (χ3n) is 3.92. The first-order chi connectivity index (χ1) is 11.1. The highest BCUT2D eigenvalue weighted by Gasteiger charge is 2.49. The predicted molar refractivity (Wildman–Crippen MR) is 90.4 cm³/mol. The minimum atomic E-state index is -0.984. The van der Waals surface area contributed by atoms with Crippen LogP contribution in [0.25, 0.3) is 10.2 Å². The number of carbonyl (C=O) groups excluding carboxylic acids is 2. The van der Waals surface area contributed by atoms with E-state index in [4.69, 9.17) is 0 Å². The van der Waals surface area contributed by atoms with Gasteiger partial charge >= 0.3 is 6.03 Å². The van der Waals surface area contributed by atoms with Gasteiger partial charge in [0.25, 0.3) is 5.91 Å². The fraction of sp³-hybridized carbons (Fsp3) is 0.188. The molecule has 116 valence electrons. The zero-order chi connectivity index (χ0) is 16.0. The lowest BCUT2D eigenvalue weighted by Gasteiger charge is -2.19. The number of rotatable bonds is 3. The van der Waals surface area contributed by atoms with Crippen molar-refractivity contribution in [3.63, 3.8) is 0 Å². The third kappa shape index (κ3) is 2.24. The van der Waals surface area contributed by atoms with Gasteiger partial charge in [0.15, 0.2) is 5.54 Å². The van der Waals surface area contributed by atoms with Crippen molar-refractivity contribution in [1.82, 2.24) is 15.2 Å². The van der Waals surface area contributed by atoms with Crippen molar-refractivity contribution in [3.8, 4) is 0 Å². The van der Waals surface area contributed by atoms with Crippen LogP contribution in [0, 0.1) is 0 Å². The zero-order valence-corrected chi connectivity index (χ0v) is 13.9. The first kappa shape index (κ1) is 14.3. The van der Waals surface area contributed by atoms with Crippen LogP contribution >= 0.6 is 22.7 Å². The molecule has 3 amide bonds. The second-order valence-corrected chi connectivity index (χ2v) is 7.56. The molecule has 0 saturated carbocycles. The first-order valence-corrected chi connectivity index (χ1v) is 8.80. The van der Waals surface area contributed by atoms with Gasteiger partial charge in [0.2, 0.25) is 0 Å². The molecular formula is C16H13N3O2S2. The van der Waals surface area contributed by atoms with Crippen LogP contribution in [0.15, 0.2) is 41.8 Å². The van der Waals surface area contributed by atoms with E-state index in [9.17, 15) is 9.59 Å². The van der Waals surface area contributed by atoms with Gasteiger partial charge < -0.3 is 5.32 Å². The highest BCUT2D eigenvalue weighted by Crippen LogP contribution is 2.33. The fourth-order valence-electron chi connectivity index (χ4n) is 2.69. The Labute approximate surface area is 140 Å². The lowest BCUT2D eigenvalue weighted by atomic mass is 10.0. The van der Waals surface area contributed by atoms with Crippen molar-refractivity contribution in [1.29, 1.82) is 0 Å². The summed E-state index contributed by atoms with van der Waals surface area (Å²) in [6.45, 7) is 1.95. The van der Waals surface area contributed by atoms with E-state index in [0.29, 0.717) is 0 Å². The van der Waals surface area contributed by atoms with E-state index in [1.165, 1.54) is 27.6 Å². The summed E-state index contributed by atoms with van der Waals surface area (Å²) in [4.78, 5) is 31.7. The van der Waals surface area contributed by atoms with Crippen LogP contribution in [0.2, 0.25) is 0 Å². The Morgan fingerprint density at radius 1 is 1.22 bits per heavy atom. The Kier molecular flexibility index (Phi) is 3.21. The minimum absolute atomic E-state index is 0.199. The summed E-state index contributed by atoms with van der Waals surface area (Å²) in [5.41, 5.74) is -0.0948. The lowest BCUT2D eigenvalue weighted by Crippen LogP contribution is -2.40. The molecule has 4 rings (SSSR count). The number of aromatic nitrogens is 1. The van der Waals surface area contributed by atoms with Gasteiger partial charge in [-0.05, 0) is 30.5 Å². The number of fused-ring (bicyclic) bond motifs is 1. The van der Waals surface area contributed by atoms with E-state index >= 15 is 0 Å². The van der Waals surface area contributed by atoms with Crippen LogP contribution in [-0.4, -0.2) is 21.8 Å². The monoisotopic (exact) mass is 343 g/mol. The molecule has 1 aliphatic heterocycles. The number of imide groups is 1. The Hall–Kier alpha value is -2.25. The van der Waals surface area contributed by atoms with E-state index < -0.39 is 5.54 Å². The number of amides is 3. The van der Waals surface area contributed by atoms with Crippen LogP contribution in [-0.2, 0) is 16.9 Å². The lowest BCUT2D eigenvalue weighted by molar-refractivity contribution is -0.131. The molecule has 1 fully saturated rings. The molecule has 3 heterocycles. The maximum atomic E-state index is 12.8. The average molecular weight is 343 g/mol. The summed E-state index contributed by atoms with van der Waals surface area (Å²) in [5.74, 6) is -0.232. The summed E-state index contributed by atoms with van der Waals surface area (Å²) in [5, 5.41) is 5.47. The normalized spacial score (nSPS) is 21.2. The standard InChI is InChI=1S/C16H13N3O2S2/c1-16(12-7-4-8-22-12)14(20)19(15(21)18-16)9-13-17-10-5-2-3-6-11(10)23-13/h2-8H,9H2,1H3,(H,18,21)/t16-/m0/s1. The molecule has 2 aromatic heterocycles. The van der Waals surface area contributed by atoms with Gasteiger partial charge in [-0.25, -0.2) is 9.78 Å². The van der Waals surface area contributed by atoms with Crippen LogP contribution in [0.3, 0.4) is 0 Å². The van der Waals surface area contributed by atoms with Crippen LogP contribution in [0.4, 0.5) is 4.79 Å². The van der Waals surface area contributed by atoms with E-state index in [1.54, 1.807) is 6.92 Å². The molecule has 0 radical (unpaired) electrons. The molecule has 0 spiro atoms. The topological polar surface area (TPSA) is 62.3 Å². The number of para-hydroxylation sites is 1. The maximum absolute atomic E-state index is 12.8. The second kappa shape index (κ2) is 5.14. The molecule has 1 N–H and O–H groups in total. The van der Waals surface area contributed by atoms with Gasteiger partial charge in [-0.15, -0.1) is 22.7 Å². The maximum Gasteiger partial charge on any atom is 0.325 e. The van der Waals surface area contributed by atoms with E-state index in [2.05, 4.69) is 10.3 Å². The zero-order valence-electron chi connectivity index (χ0n) is 12.3. The Morgan fingerprint density at radius 2 is 2.04 bits per heavy atom. The van der Waals surface area contributed by atoms with Crippen molar-refractivity contribution < 1.29 is 9.59 Å². The molecule has 1 saturated heterocycles. The molecule has 1 aliphatic rings. The number of thiophene rings is 1. The minimum Gasteiger partial charge on any atom is -0.319 e. The third-order valence-corrected chi connectivity index (χ3v) is 6.03. The summed E-state index contributed by atoms with van der Waals surface area (Å²) >= 11 is 2.97. The Bertz CT molecular complexity index is 870. The second-order valence-electron chi connectivity index (χ2n) is 5.50. The van der Waals surface area contributed by atoms with Gasteiger partial charge in [0.1, 0.15) is 5.01 Å². The van der Waals surface area contributed by atoms with Gasteiger partial charge in [-0.3, -0.25) is 9.69 Å². The Morgan fingerprint density at radius 3 is 2.78 bits per heavy atom. The number of benzene rings is 1. The fourth-order valence-corrected chi connectivity index (χ4v) is 4.48. The van der Waals surface area contributed by atoms with Gasteiger partial charge in [-0.2, -0.15) is 0 Å². The largest absolute Gasteiger partial charge is 0.325 e. The number of urea groups is 1. The first-order valence-electron chi connectivity index (χ1n) is 7.10.